The van der Waals surface area contributed by atoms with Gasteiger partial charge in [-0.2, -0.15) is 0 Å². The summed E-state index contributed by atoms with van der Waals surface area (Å²) < 4.78 is 5.16. The molecule has 29 heavy (non-hydrogen) atoms. The van der Waals surface area contributed by atoms with E-state index in [1.165, 1.54) is 0 Å². The third kappa shape index (κ3) is 11.8. The molecule has 0 saturated carbocycles. The van der Waals surface area contributed by atoms with Crippen LogP contribution in [0.25, 0.3) is 0 Å². The molecular weight excluding hydrogens is 372 g/mol. The molecule has 0 saturated heterocycles. The van der Waals surface area contributed by atoms with E-state index in [1.54, 1.807) is 0 Å². The molecule has 0 aliphatic heterocycles. The number of alkyl carbamates (subject to hydrolysis) is 1. The lowest BCUT2D eigenvalue weighted by atomic mass is 10.0. The molecule has 2 amide bonds. The highest BCUT2D eigenvalue weighted by molar-refractivity contribution is 5.89. The first-order valence-electron chi connectivity index (χ1n) is 10.2. The minimum absolute atomic E-state index is 0. The molecule has 1 aromatic carbocycles. The number of benzene rings is 1. The van der Waals surface area contributed by atoms with Crippen molar-refractivity contribution in [3.8, 4) is 0 Å². The average molecular weight is 413 g/mol. The maximum atomic E-state index is 12.5. The molecular formula is C22H40N2O5. The monoisotopic (exact) mass is 412 g/mol. The molecule has 1 aromatic rings. The molecule has 2 atom stereocenters. The van der Waals surface area contributed by atoms with E-state index in [0.29, 0.717) is 12.8 Å². The quantitative estimate of drug-likeness (QED) is 0.526. The van der Waals surface area contributed by atoms with Crippen molar-refractivity contribution < 1.29 is 27.1 Å². The van der Waals surface area contributed by atoms with E-state index < -0.39 is 30.1 Å². The van der Waals surface area contributed by atoms with Crippen LogP contribution in [0.5, 0.6) is 0 Å². The fourth-order valence-corrected chi connectivity index (χ4v) is 2.58. The molecule has 0 aromatic heterocycles. The minimum atomic E-state index is -1.09. The smallest absolute Gasteiger partial charge is 0.408 e. The molecule has 7 nitrogen and oxygen atoms in total. The zero-order valence-corrected chi connectivity index (χ0v) is 18.4. The lowest BCUT2D eigenvalue weighted by molar-refractivity contribution is -0.142. The third-order valence-electron chi connectivity index (χ3n) is 3.85. The summed E-state index contributed by atoms with van der Waals surface area (Å²) in [5, 5.41) is 14.4. The Balaban J connectivity index is -0.00000190. The first kappa shape index (κ1) is 26.4. The zero-order chi connectivity index (χ0) is 22.4. The van der Waals surface area contributed by atoms with Gasteiger partial charge in [-0.25, -0.2) is 9.59 Å². The van der Waals surface area contributed by atoms with E-state index >= 15 is 0 Å². The number of carboxylic acids is 1. The predicted octanol–water partition coefficient (Wildman–Crippen LogP) is 4.46. The second-order valence-electron chi connectivity index (χ2n) is 7.42. The molecule has 0 fully saturated rings. The van der Waals surface area contributed by atoms with Crippen molar-refractivity contribution >= 4 is 18.0 Å². The van der Waals surface area contributed by atoms with Gasteiger partial charge in [-0.15, -0.1) is 0 Å². The molecule has 0 bridgehead atoms. The van der Waals surface area contributed by atoms with Crippen LogP contribution in [-0.4, -0.2) is 35.2 Å². The molecule has 168 valence electrons. The van der Waals surface area contributed by atoms with Crippen LogP contribution in [0, 0.1) is 11.8 Å². The molecule has 0 aliphatic rings. The van der Waals surface area contributed by atoms with E-state index in [0.717, 1.165) is 5.56 Å². The van der Waals surface area contributed by atoms with Gasteiger partial charge < -0.3 is 20.5 Å². The highest BCUT2D eigenvalue weighted by atomic mass is 16.5. The summed E-state index contributed by atoms with van der Waals surface area (Å²) in [6.07, 6.45) is -0.0239. The summed E-state index contributed by atoms with van der Waals surface area (Å²) in [6.45, 7) is 11.7. The second kappa shape index (κ2) is 14.4. The van der Waals surface area contributed by atoms with Crippen LogP contribution < -0.4 is 10.6 Å². The van der Waals surface area contributed by atoms with Gasteiger partial charge in [-0.1, -0.05) is 71.9 Å². The first-order valence-corrected chi connectivity index (χ1v) is 10.2. The Hall–Kier alpha value is -2.57. The van der Waals surface area contributed by atoms with Crippen LogP contribution in [0.3, 0.4) is 0 Å². The number of carboxylic acid groups (broad SMARTS) is 1. The number of hydrogen-bond acceptors (Lipinski definition) is 4. The summed E-state index contributed by atoms with van der Waals surface area (Å²) in [7, 11) is 0. The Morgan fingerprint density at radius 1 is 0.931 bits per heavy atom. The van der Waals surface area contributed by atoms with Gasteiger partial charge in [0, 0.05) is 2.85 Å². The molecule has 0 radical (unpaired) electrons. The average Bonchev–Trinajstić information content (AvgIpc) is 2.67. The summed E-state index contributed by atoms with van der Waals surface area (Å²) in [6, 6.07) is 7.35. The number of rotatable bonds is 10. The minimum Gasteiger partial charge on any atom is -0.480 e. The fraction of sp³-hybridized carbons (Fsp3) is 0.591. The molecule has 0 spiro atoms. The summed E-state index contributed by atoms with van der Waals surface area (Å²) in [5.41, 5.74) is 0.834. The number of aliphatic carboxylic acids is 1. The molecule has 1 rings (SSSR count). The van der Waals surface area contributed by atoms with Gasteiger partial charge in [0.05, 0.1) is 0 Å². The van der Waals surface area contributed by atoms with Gasteiger partial charge in [0.2, 0.25) is 5.91 Å². The number of nitrogens with one attached hydrogen (secondary N) is 2. The van der Waals surface area contributed by atoms with Crippen LogP contribution in [0.15, 0.2) is 30.3 Å². The van der Waals surface area contributed by atoms with Crippen molar-refractivity contribution in [3.05, 3.63) is 35.9 Å². The standard InChI is InChI=1S/C20H30N2O5.C2H6.2H2/c1-13(2)10-16(18(23)21-17(19(24)25)11-14(3)4)22-20(26)27-12-15-8-6-5-7-9-15;1-2;;/h5-9,13-14,16-17H,10-12H2,1-4H3,(H,21,23)(H,22,26)(H,24,25);1-2H3;2*1H/t16-,17-;;;/m0.../s1. The van der Waals surface area contributed by atoms with E-state index in [2.05, 4.69) is 10.6 Å². The van der Waals surface area contributed by atoms with E-state index in [1.807, 2.05) is 71.9 Å². The Morgan fingerprint density at radius 3 is 1.93 bits per heavy atom. The predicted molar refractivity (Wildman–Crippen MR) is 118 cm³/mol. The van der Waals surface area contributed by atoms with Crippen LogP contribution in [-0.2, 0) is 20.9 Å². The number of carbonyl (C=O) groups is 3. The Labute approximate surface area is 177 Å². The Morgan fingerprint density at radius 2 is 1.45 bits per heavy atom. The molecule has 0 heterocycles. The van der Waals surface area contributed by atoms with Crippen LogP contribution in [0.4, 0.5) is 4.79 Å². The number of amides is 2. The van der Waals surface area contributed by atoms with Gasteiger partial charge in [-0.3, -0.25) is 4.79 Å². The van der Waals surface area contributed by atoms with Crippen molar-refractivity contribution in [3.63, 3.8) is 0 Å². The maximum Gasteiger partial charge on any atom is 0.408 e. The molecule has 0 aliphatic carbocycles. The van der Waals surface area contributed by atoms with Crippen LogP contribution in [0.2, 0.25) is 0 Å². The molecule has 7 heteroatoms. The SMILES string of the molecule is CC.CC(C)C[C@H](NC(=O)[C@H](CC(C)C)NC(=O)OCc1ccccc1)C(=O)O.[HH].[HH]. The van der Waals surface area contributed by atoms with E-state index in [4.69, 9.17) is 4.74 Å². The lowest BCUT2D eigenvalue weighted by Crippen LogP contribution is -2.52. The van der Waals surface area contributed by atoms with Gasteiger partial charge in [0.1, 0.15) is 18.7 Å². The van der Waals surface area contributed by atoms with E-state index in [-0.39, 0.29) is 21.3 Å². The van der Waals surface area contributed by atoms with Gasteiger partial charge in [0.15, 0.2) is 0 Å². The number of ether oxygens (including phenoxy) is 1. The van der Waals surface area contributed by atoms with E-state index in [9.17, 15) is 19.5 Å². The van der Waals surface area contributed by atoms with Crippen molar-refractivity contribution in [2.75, 3.05) is 0 Å². The number of hydrogen-bond donors (Lipinski definition) is 3. The van der Waals surface area contributed by atoms with Crippen molar-refractivity contribution in [2.45, 2.75) is 73.1 Å². The normalized spacial score (nSPS) is 12.4. The van der Waals surface area contributed by atoms with Gasteiger partial charge in [-0.05, 0) is 30.2 Å². The highest BCUT2D eigenvalue weighted by Crippen LogP contribution is 2.09. The summed E-state index contributed by atoms with van der Waals surface area (Å²) >= 11 is 0. The zero-order valence-electron chi connectivity index (χ0n) is 18.4. The van der Waals surface area contributed by atoms with Crippen LogP contribution in [0.1, 0.15) is 62.8 Å². The Kier molecular flexibility index (Phi) is 13.2. The summed E-state index contributed by atoms with van der Waals surface area (Å²) in [5.74, 6) is -1.37. The van der Waals surface area contributed by atoms with Gasteiger partial charge in [0.25, 0.3) is 0 Å². The largest absolute Gasteiger partial charge is 0.480 e. The van der Waals surface area contributed by atoms with Crippen molar-refractivity contribution in [2.24, 2.45) is 11.8 Å². The van der Waals surface area contributed by atoms with Gasteiger partial charge >= 0.3 is 12.1 Å². The fourth-order valence-electron chi connectivity index (χ4n) is 2.58. The van der Waals surface area contributed by atoms with Crippen molar-refractivity contribution in [1.82, 2.24) is 10.6 Å². The maximum absolute atomic E-state index is 12.5. The molecule has 3 N–H and O–H groups in total. The summed E-state index contributed by atoms with van der Waals surface area (Å²) in [4.78, 5) is 36.0. The number of carbonyl (C=O) groups excluding carboxylic acids is 2. The topological polar surface area (TPSA) is 105 Å². The van der Waals surface area contributed by atoms with Crippen molar-refractivity contribution in [1.29, 1.82) is 0 Å². The van der Waals surface area contributed by atoms with Crippen LogP contribution >= 0.6 is 0 Å². The second-order valence-corrected chi connectivity index (χ2v) is 7.42. The molecule has 0 unspecified atom stereocenters. The first-order chi connectivity index (χ1) is 13.7. The Bertz CT molecular complexity index is 628. The third-order valence-corrected chi connectivity index (χ3v) is 3.85. The lowest BCUT2D eigenvalue weighted by Gasteiger charge is -2.23. The highest BCUT2D eigenvalue weighted by Gasteiger charge is 2.28.